The average Bonchev–Trinajstić information content (AvgIpc) is 3.40. The maximum Gasteiger partial charge on any atom is 0.416 e. The number of rotatable bonds is 6. The highest BCUT2D eigenvalue weighted by Crippen LogP contribution is 2.30. The molecular formula is C34H27F3N8O2. The Hall–Kier alpha value is -6.16. The Kier molecular flexibility index (Phi) is 8.57. The van der Waals surface area contributed by atoms with E-state index >= 15 is 0 Å². The van der Waals surface area contributed by atoms with Crippen molar-refractivity contribution in [2.24, 2.45) is 7.05 Å². The number of nitrogens with one attached hydrogen (secondary N) is 4. The summed E-state index contributed by atoms with van der Waals surface area (Å²) < 4.78 is 40.5. The molecule has 0 radical (unpaired) electrons. The van der Waals surface area contributed by atoms with Gasteiger partial charge < -0.3 is 25.8 Å². The van der Waals surface area contributed by atoms with Gasteiger partial charge in [0.1, 0.15) is 5.69 Å². The average molecular weight is 637 g/mol. The van der Waals surface area contributed by atoms with E-state index in [1.807, 2.05) is 29.8 Å². The topological polar surface area (TPSA) is 126 Å². The summed E-state index contributed by atoms with van der Waals surface area (Å²) >= 11 is 0. The molecule has 0 atom stereocenters. The van der Waals surface area contributed by atoms with Crippen LogP contribution in [0.15, 0.2) is 85.3 Å². The smallest absolute Gasteiger partial charge is 0.352 e. The number of hydrogen-bond donors (Lipinski definition) is 4. The van der Waals surface area contributed by atoms with Crippen LogP contribution >= 0.6 is 0 Å². The number of halogens is 3. The van der Waals surface area contributed by atoms with Gasteiger partial charge in [0, 0.05) is 67.8 Å². The van der Waals surface area contributed by atoms with Crippen molar-refractivity contribution < 1.29 is 22.8 Å². The van der Waals surface area contributed by atoms with Crippen molar-refractivity contribution in [1.29, 1.82) is 0 Å². The highest BCUT2D eigenvalue weighted by atomic mass is 19.4. The van der Waals surface area contributed by atoms with Crippen LogP contribution in [-0.2, 0) is 26.2 Å². The number of hydrogen-bond acceptors (Lipinski definition) is 6. The Morgan fingerprint density at radius 3 is 2.51 bits per heavy atom. The fourth-order valence-corrected chi connectivity index (χ4v) is 5.04. The van der Waals surface area contributed by atoms with Crippen molar-refractivity contribution in [3.05, 3.63) is 119 Å². The monoisotopic (exact) mass is 636 g/mol. The first-order valence-electron chi connectivity index (χ1n) is 14.5. The maximum atomic E-state index is 12.8. The van der Waals surface area contributed by atoms with Crippen LogP contribution in [0.4, 0.5) is 35.3 Å². The molecule has 10 nitrogen and oxygen atoms in total. The molecule has 6 rings (SSSR count). The van der Waals surface area contributed by atoms with Gasteiger partial charge in [0.05, 0.1) is 22.4 Å². The summed E-state index contributed by atoms with van der Waals surface area (Å²) in [6.07, 6.45) is 1.25. The zero-order chi connectivity index (χ0) is 33.0. The molecule has 4 heterocycles. The van der Waals surface area contributed by atoms with Crippen LogP contribution in [0, 0.1) is 11.8 Å². The summed E-state index contributed by atoms with van der Waals surface area (Å²) in [6.45, 7) is 1.02. The minimum Gasteiger partial charge on any atom is -0.352 e. The molecule has 0 unspecified atom stereocenters. The standard InChI is InChI=1S/C34H27F3N8O2/c1-45-28-13-16-39-31(46)27(28)18-29(45)30-23(20-41-32(44-30)40-19-22-11-14-38-15-12-22)6-5-21-3-2-4-26(17-21)43-33(47)42-25-9-7-24(8-10-25)34(35,36)37/h2-4,7-12,14-15,17-18,20H,13,16,19H2,1H3,(H,39,46)(H,40,41,44)(H2,42,43,47). The van der Waals surface area contributed by atoms with E-state index in [0.29, 0.717) is 59.2 Å². The van der Waals surface area contributed by atoms with Crippen LogP contribution in [0.25, 0.3) is 11.4 Å². The second-order valence-corrected chi connectivity index (χ2v) is 10.6. The molecule has 2 aromatic carbocycles. The van der Waals surface area contributed by atoms with Crippen LogP contribution in [0.2, 0.25) is 0 Å². The van der Waals surface area contributed by atoms with Gasteiger partial charge in [-0.25, -0.2) is 14.8 Å². The molecule has 1 aliphatic heterocycles. The van der Waals surface area contributed by atoms with E-state index in [9.17, 15) is 22.8 Å². The fraction of sp³-hybridized carbons (Fsp3) is 0.147. The van der Waals surface area contributed by atoms with E-state index in [4.69, 9.17) is 4.98 Å². The molecule has 4 N–H and O–H groups in total. The zero-order valence-electron chi connectivity index (χ0n) is 24.9. The van der Waals surface area contributed by atoms with Crippen LogP contribution in [0.1, 0.15) is 38.3 Å². The maximum absolute atomic E-state index is 12.8. The third-order valence-corrected chi connectivity index (χ3v) is 7.41. The molecule has 0 fully saturated rings. The molecule has 0 bridgehead atoms. The summed E-state index contributed by atoms with van der Waals surface area (Å²) in [5.74, 6) is 6.48. The molecule has 1 aliphatic rings. The number of anilines is 3. The lowest BCUT2D eigenvalue weighted by Crippen LogP contribution is -2.31. The van der Waals surface area contributed by atoms with Gasteiger partial charge in [-0.2, -0.15) is 13.2 Å². The molecule has 13 heteroatoms. The van der Waals surface area contributed by atoms with Gasteiger partial charge in [-0.05, 0) is 66.2 Å². The van der Waals surface area contributed by atoms with Gasteiger partial charge in [-0.3, -0.25) is 9.78 Å². The number of aromatic nitrogens is 4. The molecule has 0 saturated heterocycles. The van der Waals surface area contributed by atoms with E-state index < -0.39 is 17.8 Å². The van der Waals surface area contributed by atoms with Crippen LogP contribution in [-0.4, -0.2) is 38.0 Å². The van der Waals surface area contributed by atoms with Crippen LogP contribution in [0.3, 0.4) is 0 Å². The molecule has 5 aromatic rings. The van der Waals surface area contributed by atoms with Gasteiger partial charge in [-0.1, -0.05) is 17.9 Å². The molecule has 0 aliphatic carbocycles. The first kappa shape index (κ1) is 30.8. The largest absolute Gasteiger partial charge is 0.416 e. The molecule has 0 saturated carbocycles. The number of carbonyl (C=O) groups excluding carboxylic acids is 2. The zero-order valence-corrected chi connectivity index (χ0v) is 24.9. The third kappa shape index (κ3) is 7.23. The number of alkyl halides is 3. The predicted octanol–water partition coefficient (Wildman–Crippen LogP) is 5.84. The Morgan fingerprint density at radius 1 is 1.00 bits per heavy atom. The molecule has 47 heavy (non-hydrogen) atoms. The summed E-state index contributed by atoms with van der Waals surface area (Å²) in [5.41, 5.74) is 4.67. The fourth-order valence-electron chi connectivity index (χ4n) is 5.04. The van der Waals surface area contributed by atoms with Gasteiger partial charge in [0.25, 0.3) is 5.91 Å². The Balaban J connectivity index is 1.24. The van der Waals surface area contributed by atoms with Crippen LogP contribution in [0.5, 0.6) is 0 Å². The number of benzene rings is 2. The van der Waals surface area contributed by atoms with Crippen molar-refractivity contribution in [3.63, 3.8) is 0 Å². The quantitative estimate of drug-likeness (QED) is 0.174. The lowest BCUT2D eigenvalue weighted by atomic mass is 10.1. The second kappa shape index (κ2) is 13.1. The normalized spacial score (nSPS) is 12.3. The number of fused-ring (bicyclic) bond motifs is 1. The first-order valence-corrected chi connectivity index (χ1v) is 14.5. The van der Waals surface area contributed by atoms with Gasteiger partial charge >= 0.3 is 12.2 Å². The molecular weight excluding hydrogens is 609 g/mol. The van der Waals surface area contributed by atoms with E-state index in [1.54, 1.807) is 42.9 Å². The number of pyridine rings is 1. The number of amides is 3. The van der Waals surface area contributed by atoms with E-state index in [-0.39, 0.29) is 11.6 Å². The van der Waals surface area contributed by atoms with E-state index in [2.05, 4.69) is 43.1 Å². The lowest BCUT2D eigenvalue weighted by molar-refractivity contribution is -0.137. The lowest BCUT2D eigenvalue weighted by Gasteiger charge is -2.14. The van der Waals surface area contributed by atoms with Gasteiger partial charge in [0.2, 0.25) is 5.95 Å². The Labute approximate surface area is 267 Å². The van der Waals surface area contributed by atoms with Crippen molar-refractivity contribution in [3.8, 4) is 23.2 Å². The summed E-state index contributed by atoms with van der Waals surface area (Å²) in [5, 5.41) is 11.3. The first-order chi connectivity index (χ1) is 22.6. The van der Waals surface area contributed by atoms with Crippen molar-refractivity contribution in [2.45, 2.75) is 19.1 Å². The summed E-state index contributed by atoms with van der Waals surface area (Å²) in [7, 11) is 1.89. The molecule has 3 aromatic heterocycles. The number of nitrogens with zero attached hydrogens (tertiary/aromatic N) is 4. The van der Waals surface area contributed by atoms with E-state index in [1.165, 1.54) is 12.1 Å². The number of carbonyl (C=O) groups is 2. The van der Waals surface area contributed by atoms with E-state index in [0.717, 1.165) is 23.4 Å². The van der Waals surface area contributed by atoms with Crippen LogP contribution < -0.4 is 21.3 Å². The Morgan fingerprint density at radius 2 is 1.77 bits per heavy atom. The molecule has 3 amide bonds. The van der Waals surface area contributed by atoms with Gasteiger partial charge in [-0.15, -0.1) is 0 Å². The highest BCUT2D eigenvalue weighted by Gasteiger charge is 2.30. The molecule has 236 valence electrons. The molecule has 0 spiro atoms. The van der Waals surface area contributed by atoms with Crippen molar-refractivity contribution in [1.82, 2.24) is 24.8 Å². The highest BCUT2D eigenvalue weighted by molar-refractivity contribution is 6.00. The number of urea groups is 1. The summed E-state index contributed by atoms with van der Waals surface area (Å²) in [6, 6.07) is 15.9. The van der Waals surface area contributed by atoms with Gasteiger partial charge in [0.15, 0.2) is 0 Å². The summed E-state index contributed by atoms with van der Waals surface area (Å²) in [4.78, 5) is 38.4. The SMILES string of the molecule is Cn1c(-c2nc(NCc3ccncc3)ncc2C#Cc2cccc(NC(=O)Nc3ccc(C(F)(F)F)cc3)c2)cc2c1CCNC2=O. The minimum absolute atomic E-state index is 0.141. The second-order valence-electron chi connectivity index (χ2n) is 10.6. The van der Waals surface area contributed by atoms with Crippen molar-refractivity contribution >= 4 is 29.3 Å². The van der Waals surface area contributed by atoms with Crippen molar-refractivity contribution in [2.75, 3.05) is 22.5 Å². The third-order valence-electron chi connectivity index (χ3n) is 7.41. The predicted molar refractivity (Wildman–Crippen MR) is 171 cm³/mol. The Bertz CT molecular complexity index is 2010. The minimum atomic E-state index is -4.47.